The molecule has 0 spiro atoms. The van der Waals surface area contributed by atoms with Crippen LogP contribution in [0.5, 0.6) is 5.75 Å². The Morgan fingerprint density at radius 2 is 1.60 bits per heavy atom. The predicted molar refractivity (Wildman–Crippen MR) is 82.1 cm³/mol. The first kappa shape index (κ1) is 17.0. The fraction of sp³-hybridized carbons (Fsp3) is 0.600. The van der Waals surface area contributed by atoms with Crippen molar-refractivity contribution in [1.82, 2.24) is 4.72 Å². The summed E-state index contributed by atoms with van der Waals surface area (Å²) < 4.78 is 26.2. The van der Waals surface area contributed by atoms with Gasteiger partial charge in [-0.25, -0.2) is 13.1 Å². The first-order valence-corrected chi connectivity index (χ1v) is 8.94. The molecule has 1 aromatic carbocycles. The molecular formula is C15H25NO3S. The number of sulfonamides is 1. The standard InChI is InChI=1S/C15H25NO3S/c1-2-3-4-5-6-7-12-20(18,19)16-13-14-8-10-15(17)11-9-14/h8-11,16-17H,2-7,12-13H2,1H3. The third-order valence-electron chi connectivity index (χ3n) is 3.20. The zero-order valence-electron chi connectivity index (χ0n) is 12.1. The van der Waals surface area contributed by atoms with E-state index in [9.17, 15) is 8.42 Å². The van der Waals surface area contributed by atoms with Crippen LogP contribution < -0.4 is 4.72 Å². The summed E-state index contributed by atoms with van der Waals surface area (Å²) in [5, 5.41) is 9.15. The minimum atomic E-state index is -3.20. The quantitative estimate of drug-likeness (QED) is 0.652. The molecule has 0 atom stereocenters. The van der Waals surface area contributed by atoms with E-state index in [0.29, 0.717) is 6.42 Å². The maximum absolute atomic E-state index is 11.8. The molecule has 1 rings (SSSR count). The molecular weight excluding hydrogens is 274 g/mol. The van der Waals surface area contributed by atoms with Gasteiger partial charge < -0.3 is 5.11 Å². The highest BCUT2D eigenvalue weighted by molar-refractivity contribution is 7.89. The van der Waals surface area contributed by atoms with Gasteiger partial charge in [-0.1, -0.05) is 51.2 Å². The smallest absolute Gasteiger partial charge is 0.211 e. The second-order valence-corrected chi connectivity index (χ2v) is 7.00. The number of unbranched alkanes of at least 4 members (excludes halogenated alkanes) is 5. The third-order valence-corrected chi connectivity index (χ3v) is 4.61. The van der Waals surface area contributed by atoms with E-state index < -0.39 is 10.0 Å². The fourth-order valence-corrected chi connectivity index (χ4v) is 3.07. The van der Waals surface area contributed by atoms with Crippen LogP contribution in [0.25, 0.3) is 0 Å². The van der Waals surface area contributed by atoms with E-state index in [1.807, 2.05) is 0 Å². The third kappa shape index (κ3) is 7.50. The van der Waals surface area contributed by atoms with Crippen molar-refractivity contribution in [1.29, 1.82) is 0 Å². The summed E-state index contributed by atoms with van der Waals surface area (Å²) in [7, 11) is -3.20. The van der Waals surface area contributed by atoms with Gasteiger partial charge >= 0.3 is 0 Å². The number of phenols is 1. The van der Waals surface area contributed by atoms with Crippen LogP contribution in [0, 0.1) is 0 Å². The second kappa shape index (κ2) is 8.97. The highest BCUT2D eigenvalue weighted by Crippen LogP contribution is 2.10. The highest BCUT2D eigenvalue weighted by Gasteiger charge is 2.09. The predicted octanol–water partition coefficient (Wildman–Crippen LogP) is 3.17. The van der Waals surface area contributed by atoms with Crippen molar-refractivity contribution in [3.05, 3.63) is 29.8 Å². The van der Waals surface area contributed by atoms with Gasteiger partial charge in [0.1, 0.15) is 5.75 Å². The van der Waals surface area contributed by atoms with E-state index in [4.69, 9.17) is 5.11 Å². The molecule has 0 bridgehead atoms. The fourth-order valence-electron chi connectivity index (χ4n) is 1.95. The molecule has 4 nitrogen and oxygen atoms in total. The van der Waals surface area contributed by atoms with Gasteiger partial charge in [0.2, 0.25) is 10.0 Å². The van der Waals surface area contributed by atoms with Gasteiger partial charge in [0.15, 0.2) is 0 Å². The zero-order chi connectivity index (χ0) is 14.8. The van der Waals surface area contributed by atoms with Gasteiger partial charge in [0.25, 0.3) is 0 Å². The molecule has 0 fully saturated rings. The lowest BCUT2D eigenvalue weighted by Crippen LogP contribution is -2.25. The van der Waals surface area contributed by atoms with Gasteiger partial charge in [-0.3, -0.25) is 0 Å². The topological polar surface area (TPSA) is 66.4 Å². The SMILES string of the molecule is CCCCCCCCS(=O)(=O)NCc1ccc(O)cc1. The molecule has 0 saturated heterocycles. The number of phenolic OH excluding ortho intramolecular Hbond substituents is 1. The van der Waals surface area contributed by atoms with Gasteiger partial charge in [-0.15, -0.1) is 0 Å². The van der Waals surface area contributed by atoms with E-state index >= 15 is 0 Å². The lowest BCUT2D eigenvalue weighted by molar-refractivity contribution is 0.475. The number of rotatable bonds is 10. The van der Waals surface area contributed by atoms with Crippen molar-refractivity contribution >= 4 is 10.0 Å². The van der Waals surface area contributed by atoms with E-state index in [0.717, 1.165) is 18.4 Å². The minimum Gasteiger partial charge on any atom is -0.508 e. The van der Waals surface area contributed by atoms with Crippen molar-refractivity contribution in [2.24, 2.45) is 0 Å². The normalized spacial score (nSPS) is 11.7. The number of hydrogen-bond acceptors (Lipinski definition) is 3. The van der Waals surface area contributed by atoms with Crippen LogP contribution in [0.15, 0.2) is 24.3 Å². The van der Waals surface area contributed by atoms with E-state index in [2.05, 4.69) is 11.6 Å². The molecule has 0 aromatic heterocycles. The molecule has 0 amide bonds. The Labute approximate surface area is 122 Å². The van der Waals surface area contributed by atoms with Gasteiger partial charge in [-0.2, -0.15) is 0 Å². The number of hydrogen-bond donors (Lipinski definition) is 2. The summed E-state index contributed by atoms with van der Waals surface area (Å²) in [5.41, 5.74) is 0.842. The molecule has 0 unspecified atom stereocenters. The van der Waals surface area contributed by atoms with Crippen LogP contribution in [0.4, 0.5) is 0 Å². The van der Waals surface area contributed by atoms with E-state index in [1.165, 1.54) is 19.3 Å². The first-order chi connectivity index (χ1) is 9.53. The van der Waals surface area contributed by atoms with Crippen LogP contribution in [0.1, 0.15) is 51.0 Å². The minimum absolute atomic E-state index is 0.184. The van der Waals surface area contributed by atoms with Crippen LogP contribution >= 0.6 is 0 Å². The molecule has 0 radical (unpaired) electrons. The molecule has 5 heteroatoms. The monoisotopic (exact) mass is 299 g/mol. The van der Waals surface area contributed by atoms with Crippen molar-refractivity contribution < 1.29 is 13.5 Å². The van der Waals surface area contributed by atoms with E-state index in [-0.39, 0.29) is 18.0 Å². The number of aromatic hydroxyl groups is 1. The molecule has 1 aromatic rings. The molecule has 20 heavy (non-hydrogen) atoms. The van der Waals surface area contributed by atoms with Crippen molar-refractivity contribution in [3.8, 4) is 5.75 Å². The molecule has 0 aliphatic carbocycles. The molecule has 2 N–H and O–H groups in total. The number of nitrogens with one attached hydrogen (secondary N) is 1. The Bertz CT molecular complexity index is 468. The number of benzene rings is 1. The average Bonchev–Trinajstić information content (AvgIpc) is 2.42. The summed E-state index contributed by atoms with van der Waals surface area (Å²) in [4.78, 5) is 0. The van der Waals surface area contributed by atoms with Crippen LogP contribution in [-0.4, -0.2) is 19.3 Å². The van der Waals surface area contributed by atoms with Gasteiger partial charge in [0.05, 0.1) is 5.75 Å². The Kier molecular flexibility index (Phi) is 7.62. The van der Waals surface area contributed by atoms with Crippen LogP contribution in [0.3, 0.4) is 0 Å². The average molecular weight is 299 g/mol. The summed E-state index contributed by atoms with van der Waals surface area (Å²) in [6.45, 7) is 2.44. The molecule has 0 aliphatic rings. The molecule has 114 valence electrons. The Hall–Kier alpha value is -1.07. The summed E-state index contributed by atoms with van der Waals surface area (Å²) in [6.07, 6.45) is 6.42. The first-order valence-electron chi connectivity index (χ1n) is 7.29. The molecule has 0 heterocycles. The zero-order valence-corrected chi connectivity index (χ0v) is 13.0. The van der Waals surface area contributed by atoms with Crippen molar-refractivity contribution in [2.45, 2.75) is 52.0 Å². The van der Waals surface area contributed by atoms with Gasteiger partial charge in [0, 0.05) is 6.54 Å². The lowest BCUT2D eigenvalue weighted by atomic mass is 10.1. The lowest BCUT2D eigenvalue weighted by Gasteiger charge is -2.07. The van der Waals surface area contributed by atoms with Crippen LogP contribution in [0.2, 0.25) is 0 Å². The Balaban J connectivity index is 2.22. The van der Waals surface area contributed by atoms with E-state index in [1.54, 1.807) is 24.3 Å². The summed E-state index contributed by atoms with van der Waals surface area (Å²) in [6, 6.07) is 6.53. The van der Waals surface area contributed by atoms with Crippen LogP contribution in [-0.2, 0) is 16.6 Å². The van der Waals surface area contributed by atoms with Gasteiger partial charge in [-0.05, 0) is 24.1 Å². The van der Waals surface area contributed by atoms with Crippen molar-refractivity contribution in [3.63, 3.8) is 0 Å². The maximum atomic E-state index is 11.8. The molecule has 0 aliphatic heterocycles. The summed E-state index contributed by atoms with van der Waals surface area (Å²) >= 11 is 0. The second-order valence-electron chi connectivity index (χ2n) is 5.07. The largest absolute Gasteiger partial charge is 0.508 e. The Morgan fingerprint density at radius 1 is 1.00 bits per heavy atom. The Morgan fingerprint density at radius 3 is 2.25 bits per heavy atom. The maximum Gasteiger partial charge on any atom is 0.211 e. The highest BCUT2D eigenvalue weighted by atomic mass is 32.2. The summed E-state index contributed by atoms with van der Waals surface area (Å²) in [5.74, 6) is 0.376. The van der Waals surface area contributed by atoms with Crippen molar-refractivity contribution in [2.75, 3.05) is 5.75 Å². The molecule has 0 saturated carbocycles.